The molecule has 3 rings (SSSR count). The Hall–Kier alpha value is -3.11. The van der Waals surface area contributed by atoms with Crippen molar-refractivity contribution in [3.63, 3.8) is 0 Å². The number of alkyl halides is 3. The summed E-state index contributed by atoms with van der Waals surface area (Å²) in [4.78, 5) is 25.1. The molecule has 1 saturated heterocycles. The van der Waals surface area contributed by atoms with Crippen molar-refractivity contribution in [3.05, 3.63) is 59.2 Å². The van der Waals surface area contributed by atoms with Crippen LogP contribution in [-0.2, 0) is 27.0 Å². The van der Waals surface area contributed by atoms with Gasteiger partial charge in [-0.2, -0.15) is 13.2 Å². The van der Waals surface area contributed by atoms with E-state index in [4.69, 9.17) is 9.47 Å². The van der Waals surface area contributed by atoms with Crippen molar-refractivity contribution < 1.29 is 37.3 Å². The van der Waals surface area contributed by atoms with Crippen LogP contribution in [0.2, 0.25) is 0 Å². The van der Waals surface area contributed by atoms with Crippen LogP contribution in [0.4, 0.5) is 13.2 Å². The maximum Gasteiger partial charge on any atom is 0.419 e. The topological polar surface area (TPSA) is 96.9 Å². The third-order valence-electron chi connectivity index (χ3n) is 5.99. The van der Waals surface area contributed by atoms with Gasteiger partial charge in [0.25, 0.3) is 0 Å². The Morgan fingerprint density at radius 2 is 1.92 bits per heavy atom. The predicted octanol–water partition coefficient (Wildman–Crippen LogP) is 4.63. The molecule has 0 spiro atoms. The Morgan fingerprint density at radius 3 is 2.50 bits per heavy atom. The molecule has 1 fully saturated rings. The fraction of sp³-hybridized carbons (Fsp3) is 0.462. The van der Waals surface area contributed by atoms with Crippen molar-refractivity contribution >= 4 is 11.8 Å². The summed E-state index contributed by atoms with van der Waals surface area (Å²) in [7, 11) is 0. The van der Waals surface area contributed by atoms with Crippen molar-refractivity contribution in [2.24, 2.45) is 0 Å². The number of aliphatic hydroxyl groups is 1. The third kappa shape index (κ3) is 6.98. The molecule has 196 valence electrons. The molecule has 0 aromatic heterocycles. The Balaban J connectivity index is 1.64. The third-order valence-corrected chi connectivity index (χ3v) is 5.99. The maximum atomic E-state index is 13.5. The number of aliphatic hydroxyl groups excluding tert-OH is 1. The summed E-state index contributed by atoms with van der Waals surface area (Å²) in [6, 6.07) is 9.69. The average molecular weight is 509 g/mol. The fourth-order valence-electron chi connectivity index (χ4n) is 3.84. The van der Waals surface area contributed by atoms with Crippen LogP contribution < -0.4 is 15.4 Å². The van der Waals surface area contributed by atoms with Crippen LogP contribution in [0.1, 0.15) is 62.3 Å². The molecule has 36 heavy (non-hydrogen) atoms. The van der Waals surface area contributed by atoms with Crippen LogP contribution in [-0.4, -0.2) is 35.7 Å². The molecule has 2 unspecified atom stereocenters. The van der Waals surface area contributed by atoms with Gasteiger partial charge in [-0.15, -0.1) is 0 Å². The van der Waals surface area contributed by atoms with Crippen LogP contribution in [0.25, 0.3) is 0 Å². The van der Waals surface area contributed by atoms with Crippen molar-refractivity contribution in [2.45, 2.75) is 63.9 Å². The van der Waals surface area contributed by atoms with E-state index in [1.54, 1.807) is 12.1 Å². The molecule has 2 amide bonds. The number of amides is 2. The molecule has 2 aromatic rings. The highest BCUT2D eigenvalue weighted by Crippen LogP contribution is 2.39. The molecule has 2 aromatic carbocycles. The predicted molar refractivity (Wildman–Crippen MR) is 126 cm³/mol. The molecular weight excluding hydrogens is 477 g/mol. The van der Waals surface area contributed by atoms with Gasteiger partial charge < -0.3 is 25.2 Å². The van der Waals surface area contributed by atoms with Gasteiger partial charge in [-0.3, -0.25) is 9.59 Å². The summed E-state index contributed by atoms with van der Waals surface area (Å²) < 4.78 is 51.3. The second-order valence-corrected chi connectivity index (χ2v) is 8.89. The van der Waals surface area contributed by atoms with E-state index in [2.05, 4.69) is 10.6 Å². The number of hydrogen-bond donors (Lipinski definition) is 3. The first-order chi connectivity index (χ1) is 17.0. The number of benzene rings is 2. The lowest BCUT2D eigenvalue weighted by atomic mass is 9.96. The SMILES string of the molecule is CCCCC(=O)NC1(C(=O)NCc2ccc(Oc3ccc(C(C)O)cc3C(F)(F)F)cc2)CCOC1. The quantitative estimate of drug-likeness (QED) is 0.435. The molecule has 0 saturated carbocycles. The molecule has 7 nitrogen and oxygen atoms in total. The largest absolute Gasteiger partial charge is 0.457 e. The number of hydrogen-bond acceptors (Lipinski definition) is 5. The zero-order chi connectivity index (χ0) is 26.3. The molecule has 1 heterocycles. The van der Waals surface area contributed by atoms with Crippen LogP contribution in [0.3, 0.4) is 0 Å². The van der Waals surface area contributed by atoms with Crippen LogP contribution in [0, 0.1) is 0 Å². The molecule has 0 radical (unpaired) electrons. The van der Waals surface area contributed by atoms with Gasteiger partial charge in [-0.25, -0.2) is 0 Å². The maximum absolute atomic E-state index is 13.5. The number of ether oxygens (including phenoxy) is 2. The van der Waals surface area contributed by atoms with Gasteiger partial charge in [-0.05, 0) is 48.7 Å². The summed E-state index contributed by atoms with van der Waals surface area (Å²) in [5, 5.41) is 15.2. The monoisotopic (exact) mass is 508 g/mol. The zero-order valence-electron chi connectivity index (χ0n) is 20.3. The molecule has 2 atom stereocenters. The van der Waals surface area contributed by atoms with E-state index in [1.807, 2.05) is 6.92 Å². The molecule has 0 aliphatic carbocycles. The lowest BCUT2D eigenvalue weighted by Gasteiger charge is -2.27. The minimum absolute atomic E-state index is 0.0961. The van der Waals surface area contributed by atoms with Gasteiger partial charge in [0.15, 0.2) is 0 Å². The number of unbranched alkanes of at least 4 members (excludes halogenated alkanes) is 1. The Morgan fingerprint density at radius 1 is 1.19 bits per heavy atom. The van der Waals surface area contributed by atoms with Gasteiger partial charge in [0, 0.05) is 26.0 Å². The summed E-state index contributed by atoms with van der Waals surface area (Å²) in [6.07, 6.45) is -3.39. The van der Waals surface area contributed by atoms with E-state index in [0.29, 0.717) is 25.0 Å². The highest BCUT2D eigenvalue weighted by Gasteiger charge is 2.43. The van der Waals surface area contributed by atoms with E-state index in [0.717, 1.165) is 18.9 Å². The van der Waals surface area contributed by atoms with E-state index in [-0.39, 0.29) is 42.0 Å². The minimum atomic E-state index is -4.66. The van der Waals surface area contributed by atoms with E-state index < -0.39 is 23.4 Å². The van der Waals surface area contributed by atoms with Crippen molar-refractivity contribution in [1.82, 2.24) is 10.6 Å². The molecule has 10 heteroatoms. The normalized spacial score (nSPS) is 18.5. The Kier molecular flexibility index (Phi) is 8.97. The average Bonchev–Trinajstić information content (AvgIpc) is 3.31. The number of halogens is 3. The van der Waals surface area contributed by atoms with Gasteiger partial charge in [0.1, 0.15) is 17.0 Å². The van der Waals surface area contributed by atoms with Crippen molar-refractivity contribution in [1.29, 1.82) is 0 Å². The summed E-state index contributed by atoms with van der Waals surface area (Å²) in [5.74, 6) is -0.740. The van der Waals surface area contributed by atoms with Crippen LogP contribution in [0.5, 0.6) is 11.5 Å². The molecule has 0 bridgehead atoms. The number of nitrogens with one attached hydrogen (secondary N) is 2. The summed E-state index contributed by atoms with van der Waals surface area (Å²) in [5.41, 5.74) is -1.27. The number of rotatable bonds is 10. The van der Waals surface area contributed by atoms with Gasteiger partial charge in [0.05, 0.1) is 18.3 Å². The molecule has 1 aliphatic rings. The molecular formula is C26H31F3N2O5. The second kappa shape index (κ2) is 11.7. The highest BCUT2D eigenvalue weighted by atomic mass is 19.4. The minimum Gasteiger partial charge on any atom is -0.457 e. The summed E-state index contributed by atoms with van der Waals surface area (Å²) in [6.45, 7) is 3.98. The lowest BCUT2D eigenvalue weighted by Crippen LogP contribution is -2.59. The standard InChI is InChI=1S/C26H31F3N2O5/c1-3-4-5-23(33)31-25(12-13-35-16-25)24(34)30-15-18-6-9-20(10-7-18)36-22-11-8-19(17(2)32)14-21(22)26(27,28)29/h6-11,14,17,32H,3-5,12-13,15-16H2,1-2H3,(H,30,34)(H,31,33). The van der Waals surface area contributed by atoms with Crippen LogP contribution in [0.15, 0.2) is 42.5 Å². The van der Waals surface area contributed by atoms with Gasteiger partial charge >= 0.3 is 6.18 Å². The first-order valence-corrected chi connectivity index (χ1v) is 11.9. The zero-order valence-corrected chi connectivity index (χ0v) is 20.3. The van der Waals surface area contributed by atoms with E-state index in [9.17, 15) is 27.9 Å². The first kappa shape index (κ1) is 27.5. The number of carbonyl (C=O) groups excluding carboxylic acids is 2. The Labute approximate surface area is 208 Å². The second-order valence-electron chi connectivity index (χ2n) is 8.89. The van der Waals surface area contributed by atoms with E-state index >= 15 is 0 Å². The van der Waals surface area contributed by atoms with Crippen molar-refractivity contribution in [2.75, 3.05) is 13.2 Å². The smallest absolute Gasteiger partial charge is 0.419 e. The van der Waals surface area contributed by atoms with Gasteiger partial charge in [-0.1, -0.05) is 31.5 Å². The van der Waals surface area contributed by atoms with E-state index in [1.165, 1.54) is 31.2 Å². The summed E-state index contributed by atoms with van der Waals surface area (Å²) >= 11 is 0. The number of carbonyl (C=O) groups is 2. The molecule has 3 N–H and O–H groups in total. The Bertz CT molecular complexity index is 1050. The van der Waals surface area contributed by atoms with Gasteiger partial charge in [0.2, 0.25) is 11.8 Å². The first-order valence-electron chi connectivity index (χ1n) is 11.9. The molecule has 1 aliphatic heterocycles. The fourth-order valence-corrected chi connectivity index (χ4v) is 3.84. The van der Waals surface area contributed by atoms with Crippen molar-refractivity contribution in [3.8, 4) is 11.5 Å². The highest BCUT2D eigenvalue weighted by molar-refractivity contribution is 5.92. The lowest BCUT2D eigenvalue weighted by molar-refractivity contribution is -0.138. The van der Waals surface area contributed by atoms with Crippen LogP contribution >= 0.6 is 0 Å².